The summed E-state index contributed by atoms with van der Waals surface area (Å²) in [5, 5.41) is 2.67. The van der Waals surface area contributed by atoms with Crippen molar-refractivity contribution in [1.29, 1.82) is 0 Å². The van der Waals surface area contributed by atoms with E-state index in [1.165, 1.54) is 0 Å². The van der Waals surface area contributed by atoms with Crippen LogP contribution in [-0.2, 0) is 14.4 Å². The minimum atomic E-state index is -1.21. The van der Waals surface area contributed by atoms with Crippen molar-refractivity contribution in [2.24, 2.45) is 10.8 Å². The molecule has 64 valence electrons. The number of carbonyl (C=O) groups is 2. The van der Waals surface area contributed by atoms with Gasteiger partial charge in [0.05, 0.1) is 0 Å². The molecule has 0 aromatic carbocycles. The van der Waals surface area contributed by atoms with E-state index in [1.54, 1.807) is 0 Å². The van der Waals surface area contributed by atoms with Crippen LogP contribution in [0.4, 0.5) is 4.79 Å². The Labute approximate surface area is 67.0 Å². The Kier molecular flexibility index (Phi) is 3.81. The maximum atomic E-state index is 10.4. The fraction of sp³-hybridized carbons (Fsp3) is 0. The third-order valence-corrected chi connectivity index (χ3v) is 0.663. The van der Waals surface area contributed by atoms with Crippen molar-refractivity contribution in [1.82, 2.24) is 5.17 Å². The van der Waals surface area contributed by atoms with E-state index >= 15 is 0 Å². The third kappa shape index (κ3) is 3.14. The molecule has 0 fully saturated rings. The third-order valence-electron chi connectivity index (χ3n) is 0.663. The lowest BCUT2D eigenvalue weighted by atomic mass is 10.7. The number of rotatable bonds is 2. The number of isocyanates is 1. The number of nitrogens with two attached hydrogens (primary N) is 1. The van der Waals surface area contributed by atoms with Crippen LogP contribution in [0.15, 0.2) is 17.8 Å². The second-order valence-corrected chi connectivity index (χ2v) is 1.42. The summed E-state index contributed by atoms with van der Waals surface area (Å²) < 4.78 is 0. The number of amides is 2. The molecule has 0 saturated carbocycles. The largest absolute Gasteiger partial charge is 0.371 e. The van der Waals surface area contributed by atoms with Gasteiger partial charge in [-0.15, -0.1) is 0 Å². The number of nitrogens with zero attached hydrogens (tertiary/aromatic N) is 2. The molecule has 0 aliphatic rings. The van der Waals surface area contributed by atoms with Gasteiger partial charge >= 0.3 is 12.0 Å². The predicted molar refractivity (Wildman–Crippen MR) is 35.8 cm³/mol. The van der Waals surface area contributed by atoms with Gasteiger partial charge in [-0.2, -0.15) is 0 Å². The summed E-state index contributed by atoms with van der Waals surface area (Å²) in [6.07, 6.45) is 1.74. The van der Waals surface area contributed by atoms with Crippen molar-refractivity contribution in [2.75, 3.05) is 0 Å². The smallest absolute Gasteiger partial charge is 0.347 e. The van der Waals surface area contributed by atoms with Crippen LogP contribution in [-0.4, -0.2) is 23.3 Å². The number of hydrogen-bond acceptors (Lipinski definition) is 5. The Balaban J connectivity index is 4.32. The molecule has 0 rings (SSSR count). The fourth-order valence-corrected chi connectivity index (χ4v) is 0.274. The minimum Gasteiger partial charge on any atom is -0.347 e. The van der Waals surface area contributed by atoms with Crippen LogP contribution in [0, 0.1) is 0 Å². The van der Waals surface area contributed by atoms with Crippen LogP contribution in [0.1, 0.15) is 0 Å². The molecule has 0 aliphatic carbocycles. The summed E-state index contributed by atoms with van der Waals surface area (Å²) in [4.78, 5) is 34.4. The Morgan fingerprint density at radius 1 is 1.67 bits per heavy atom. The molecule has 0 aliphatic heterocycles. The lowest BCUT2D eigenvalue weighted by molar-refractivity contribution is -0.169. The zero-order chi connectivity index (χ0) is 9.56. The van der Waals surface area contributed by atoms with Gasteiger partial charge in [-0.05, 0) is 10.3 Å². The first-order valence-electron chi connectivity index (χ1n) is 2.63. The molecule has 7 heteroatoms. The van der Waals surface area contributed by atoms with Crippen LogP contribution < -0.4 is 5.73 Å². The standard InChI is InChI=1S/C5H5N3O4/c1-2-4(10)12-8(5(6)11)7-3-9/h2H,1H2,(H2,6,11). The molecule has 2 amide bonds. The van der Waals surface area contributed by atoms with Gasteiger partial charge in [0.1, 0.15) is 0 Å². The quantitative estimate of drug-likeness (QED) is 0.256. The maximum Gasteiger partial charge on any atom is 0.371 e. The molecule has 0 unspecified atom stereocenters. The zero-order valence-electron chi connectivity index (χ0n) is 5.89. The topological polar surface area (TPSA) is 102 Å². The van der Waals surface area contributed by atoms with Crippen molar-refractivity contribution in [3.8, 4) is 0 Å². The Morgan fingerprint density at radius 2 is 2.25 bits per heavy atom. The summed E-state index contributed by atoms with van der Waals surface area (Å²) >= 11 is 0. The lowest BCUT2D eigenvalue weighted by Crippen LogP contribution is -2.32. The molecule has 0 aromatic heterocycles. The van der Waals surface area contributed by atoms with E-state index in [9.17, 15) is 14.4 Å². The SMILES string of the molecule is C=CC(=O)ON(N=C=O)C(N)=O. The number of hydroxylamine groups is 1. The zero-order valence-corrected chi connectivity index (χ0v) is 5.89. The highest BCUT2D eigenvalue weighted by Gasteiger charge is 2.12. The van der Waals surface area contributed by atoms with Crippen LogP contribution >= 0.6 is 0 Å². The highest BCUT2D eigenvalue weighted by molar-refractivity contribution is 5.82. The van der Waals surface area contributed by atoms with Gasteiger partial charge in [-0.1, -0.05) is 6.58 Å². The van der Waals surface area contributed by atoms with E-state index in [0.717, 1.165) is 12.2 Å². The number of hydrogen-bond donors (Lipinski definition) is 1. The molecule has 2 N–H and O–H groups in total. The van der Waals surface area contributed by atoms with Crippen LogP contribution in [0.5, 0.6) is 0 Å². The van der Waals surface area contributed by atoms with Crippen molar-refractivity contribution < 1.29 is 19.2 Å². The fourth-order valence-electron chi connectivity index (χ4n) is 0.274. The Hall–Kier alpha value is -2.14. The van der Waals surface area contributed by atoms with Crippen molar-refractivity contribution >= 4 is 18.1 Å². The van der Waals surface area contributed by atoms with E-state index < -0.39 is 12.0 Å². The van der Waals surface area contributed by atoms with Gasteiger partial charge in [0.25, 0.3) is 6.08 Å². The number of carbonyl (C=O) groups excluding carboxylic acids is 3. The second kappa shape index (κ2) is 4.64. The maximum absolute atomic E-state index is 10.4. The van der Waals surface area contributed by atoms with Crippen LogP contribution in [0.25, 0.3) is 0 Å². The average Bonchev–Trinajstić information content (AvgIpc) is 2.03. The van der Waals surface area contributed by atoms with E-state index in [4.69, 9.17) is 0 Å². The van der Waals surface area contributed by atoms with E-state index in [1.807, 2.05) is 0 Å². The molecular weight excluding hydrogens is 166 g/mol. The Morgan fingerprint density at radius 3 is 2.58 bits per heavy atom. The first-order valence-corrected chi connectivity index (χ1v) is 2.63. The molecule has 0 heterocycles. The summed E-state index contributed by atoms with van der Waals surface area (Å²) in [5.74, 6) is -0.965. The molecule has 0 bridgehead atoms. The molecule has 0 spiro atoms. The van der Waals surface area contributed by atoms with Crippen molar-refractivity contribution in [2.45, 2.75) is 0 Å². The van der Waals surface area contributed by atoms with Crippen molar-refractivity contribution in [3.05, 3.63) is 12.7 Å². The molecule has 12 heavy (non-hydrogen) atoms. The van der Waals surface area contributed by atoms with Crippen LogP contribution in [0.2, 0.25) is 0 Å². The summed E-state index contributed by atoms with van der Waals surface area (Å²) in [6.45, 7) is 3.04. The first-order chi connectivity index (χ1) is 5.61. The van der Waals surface area contributed by atoms with E-state index in [-0.39, 0.29) is 5.17 Å². The molecule has 0 radical (unpaired) electrons. The lowest BCUT2D eigenvalue weighted by Gasteiger charge is -2.07. The minimum absolute atomic E-state index is 0.00296. The van der Waals surface area contributed by atoms with Gasteiger partial charge in [0, 0.05) is 6.08 Å². The first kappa shape index (κ1) is 9.86. The summed E-state index contributed by atoms with van der Waals surface area (Å²) in [6, 6.07) is -1.21. The molecular formula is C5H5N3O4. The van der Waals surface area contributed by atoms with Gasteiger partial charge in [0.15, 0.2) is 0 Å². The number of urea groups is 1. The van der Waals surface area contributed by atoms with E-state index in [2.05, 4.69) is 22.3 Å². The van der Waals surface area contributed by atoms with E-state index in [0.29, 0.717) is 0 Å². The highest BCUT2D eigenvalue weighted by Crippen LogP contribution is 1.91. The monoisotopic (exact) mass is 171 g/mol. The van der Waals surface area contributed by atoms with Crippen LogP contribution in [0.3, 0.4) is 0 Å². The van der Waals surface area contributed by atoms with Crippen molar-refractivity contribution in [3.63, 3.8) is 0 Å². The normalized spacial score (nSPS) is 7.67. The van der Waals surface area contributed by atoms with Gasteiger partial charge in [-0.3, -0.25) is 0 Å². The molecule has 7 nitrogen and oxygen atoms in total. The number of primary amides is 1. The Bertz CT molecular complexity index is 253. The summed E-state index contributed by atoms with van der Waals surface area (Å²) in [5.41, 5.74) is 4.63. The molecule has 0 atom stereocenters. The van der Waals surface area contributed by atoms with Gasteiger partial charge < -0.3 is 10.6 Å². The predicted octanol–water partition coefficient (Wildman–Crippen LogP) is -0.738. The molecule has 0 aromatic rings. The molecule has 0 saturated heterocycles. The highest BCUT2D eigenvalue weighted by atomic mass is 16.7. The average molecular weight is 171 g/mol. The second-order valence-electron chi connectivity index (χ2n) is 1.42. The van der Waals surface area contributed by atoms with Gasteiger partial charge in [-0.25, -0.2) is 14.4 Å². The van der Waals surface area contributed by atoms with Gasteiger partial charge in [0.2, 0.25) is 0 Å². The summed E-state index contributed by atoms with van der Waals surface area (Å²) in [7, 11) is 0. The number of hydrazone groups is 1.